The maximum Gasteiger partial charge on any atom is 0.0751 e. The lowest BCUT2D eigenvalue weighted by Gasteiger charge is -2.13. The molecular weight excluding hydrogens is 260 g/mol. The summed E-state index contributed by atoms with van der Waals surface area (Å²) < 4.78 is -0.0522. The molecule has 0 spiro atoms. The third-order valence-corrected chi connectivity index (χ3v) is 4.67. The van der Waals surface area contributed by atoms with E-state index in [9.17, 15) is 0 Å². The topological polar surface area (TPSA) is 97.5 Å². The van der Waals surface area contributed by atoms with Gasteiger partial charge in [0, 0.05) is 26.5 Å². The second-order valence-electron chi connectivity index (χ2n) is 4.18. The minimum Gasteiger partial charge on any atom is -0.135 e. The summed E-state index contributed by atoms with van der Waals surface area (Å²) >= 11 is 1.80. The van der Waals surface area contributed by atoms with Gasteiger partial charge in [-0.25, -0.2) is 0 Å². The molecule has 1 aromatic carbocycles. The number of rotatable bonds is 3. The second-order valence-corrected chi connectivity index (χ2v) is 5.60. The molecule has 0 N–H and O–H groups in total. The summed E-state index contributed by atoms with van der Waals surface area (Å²) in [7, 11) is 0. The number of thioether (sulfide) groups is 1. The van der Waals surface area contributed by atoms with E-state index in [2.05, 4.69) is 26.1 Å². The van der Waals surface area contributed by atoms with E-state index in [0.717, 1.165) is 5.56 Å². The third-order valence-electron chi connectivity index (χ3n) is 3.15. The van der Waals surface area contributed by atoms with E-state index in [1.807, 2.05) is 24.3 Å². The molecule has 1 aromatic rings. The van der Waals surface area contributed by atoms with Gasteiger partial charge in [-0.3, -0.25) is 0 Å². The molecule has 0 amide bonds. The van der Waals surface area contributed by atoms with Gasteiger partial charge in [-0.2, -0.15) is 0 Å². The fraction of sp³-hybridized carbons (Fsp3) is 0.167. The van der Waals surface area contributed by atoms with Crippen molar-refractivity contribution in [3.8, 4) is 0 Å². The standard InChI is InChI=1S/C12H8N6S/c13-17-15-9-3-1-8(2-4-9)12-6-5-10(16-18-14)7-11(12)19-12/h1-7,11H. The van der Waals surface area contributed by atoms with Gasteiger partial charge in [-0.1, -0.05) is 52.7 Å². The lowest BCUT2D eigenvalue weighted by Crippen LogP contribution is -2.10. The van der Waals surface area contributed by atoms with Gasteiger partial charge in [-0.15, -0.1) is 11.8 Å². The highest BCUT2D eigenvalue weighted by Crippen LogP contribution is 2.64. The molecule has 1 aliphatic heterocycles. The average molecular weight is 268 g/mol. The maximum atomic E-state index is 8.42. The van der Waals surface area contributed by atoms with Gasteiger partial charge in [0.05, 0.1) is 4.75 Å². The van der Waals surface area contributed by atoms with Crippen molar-refractivity contribution in [2.75, 3.05) is 0 Å². The number of hydrogen-bond donors (Lipinski definition) is 0. The second kappa shape index (κ2) is 4.40. The first kappa shape index (κ1) is 11.7. The van der Waals surface area contributed by atoms with Crippen LogP contribution in [0.15, 0.2) is 58.4 Å². The highest BCUT2D eigenvalue weighted by Gasteiger charge is 2.54. The molecule has 0 radical (unpaired) electrons. The van der Waals surface area contributed by atoms with Gasteiger partial charge in [0.2, 0.25) is 0 Å². The molecule has 2 atom stereocenters. The van der Waals surface area contributed by atoms with E-state index in [1.54, 1.807) is 23.9 Å². The van der Waals surface area contributed by atoms with Crippen molar-refractivity contribution in [1.82, 2.24) is 0 Å². The zero-order valence-corrected chi connectivity index (χ0v) is 10.5. The number of benzene rings is 1. The van der Waals surface area contributed by atoms with E-state index >= 15 is 0 Å². The highest BCUT2D eigenvalue weighted by molar-refractivity contribution is 8.08. The summed E-state index contributed by atoms with van der Waals surface area (Å²) in [6.07, 6.45) is 5.89. The Morgan fingerprint density at radius 3 is 2.47 bits per heavy atom. The fourth-order valence-corrected chi connectivity index (χ4v) is 3.44. The molecule has 0 aromatic heterocycles. The maximum absolute atomic E-state index is 8.42. The van der Waals surface area contributed by atoms with Gasteiger partial charge in [0.15, 0.2) is 0 Å². The summed E-state index contributed by atoms with van der Waals surface area (Å²) in [5.41, 5.74) is 19.2. The van der Waals surface area contributed by atoms with Crippen molar-refractivity contribution < 1.29 is 0 Å². The zero-order valence-electron chi connectivity index (χ0n) is 9.71. The molecule has 0 bridgehead atoms. The first-order valence-electron chi connectivity index (χ1n) is 5.58. The Hall–Kier alpha value is -2.33. The lowest BCUT2D eigenvalue weighted by atomic mass is 9.91. The molecule has 1 fully saturated rings. The summed E-state index contributed by atoms with van der Waals surface area (Å²) in [4.78, 5) is 5.55. The van der Waals surface area contributed by atoms with E-state index in [-0.39, 0.29) is 4.75 Å². The molecular formula is C12H8N6S. The van der Waals surface area contributed by atoms with E-state index < -0.39 is 0 Å². The van der Waals surface area contributed by atoms with Crippen LogP contribution in [0.1, 0.15) is 5.56 Å². The first-order valence-corrected chi connectivity index (χ1v) is 6.46. The summed E-state index contributed by atoms with van der Waals surface area (Å²) in [6.45, 7) is 0. The summed E-state index contributed by atoms with van der Waals surface area (Å²) in [5.74, 6) is 0. The van der Waals surface area contributed by atoms with Crippen LogP contribution in [0.3, 0.4) is 0 Å². The van der Waals surface area contributed by atoms with Crippen LogP contribution in [0.2, 0.25) is 0 Å². The molecule has 1 aliphatic carbocycles. The third kappa shape index (κ3) is 1.96. The zero-order chi connectivity index (χ0) is 13.3. The molecule has 2 aliphatic rings. The number of nitrogens with zero attached hydrogens (tertiary/aromatic N) is 6. The molecule has 19 heavy (non-hydrogen) atoms. The predicted molar refractivity (Wildman–Crippen MR) is 74.7 cm³/mol. The Morgan fingerprint density at radius 2 is 1.84 bits per heavy atom. The van der Waals surface area contributed by atoms with Gasteiger partial charge >= 0.3 is 0 Å². The quantitative estimate of drug-likeness (QED) is 0.337. The van der Waals surface area contributed by atoms with Gasteiger partial charge in [0.25, 0.3) is 0 Å². The minimum atomic E-state index is -0.0522. The Labute approximate surface area is 113 Å². The smallest absolute Gasteiger partial charge is 0.0751 e. The van der Waals surface area contributed by atoms with Crippen LogP contribution in [-0.4, -0.2) is 5.25 Å². The van der Waals surface area contributed by atoms with E-state index in [0.29, 0.717) is 16.6 Å². The van der Waals surface area contributed by atoms with Crippen LogP contribution in [0.25, 0.3) is 20.9 Å². The van der Waals surface area contributed by atoms with E-state index in [4.69, 9.17) is 11.1 Å². The predicted octanol–water partition coefficient (Wildman–Crippen LogP) is 4.70. The van der Waals surface area contributed by atoms with Crippen molar-refractivity contribution in [2.45, 2.75) is 10.00 Å². The van der Waals surface area contributed by atoms with Crippen molar-refractivity contribution >= 4 is 17.4 Å². The van der Waals surface area contributed by atoms with Crippen LogP contribution in [0, 0.1) is 0 Å². The van der Waals surface area contributed by atoms with Gasteiger partial charge < -0.3 is 0 Å². The van der Waals surface area contributed by atoms with Crippen LogP contribution in [0.4, 0.5) is 5.69 Å². The van der Waals surface area contributed by atoms with Crippen molar-refractivity contribution in [3.63, 3.8) is 0 Å². The molecule has 3 rings (SSSR count). The normalized spacial score (nSPS) is 26.5. The van der Waals surface area contributed by atoms with Crippen molar-refractivity contribution in [1.29, 1.82) is 0 Å². The minimum absolute atomic E-state index is 0.0522. The SMILES string of the molecule is [N-]=[N+]=NC1=CC2SC2(c2ccc(N=[N+]=[N-])cc2)C=C1. The molecule has 6 nitrogen and oxygen atoms in total. The highest BCUT2D eigenvalue weighted by atomic mass is 32.2. The number of allylic oxidation sites excluding steroid dienone is 1. The number of fused-ring (bicyclic) bond motifs is 1. The Kier molecular flexibility index (Phi) is 2.72. The van der Waals surface area contributed by atoms with Gasteiger partial charge in [-0.05, 0) is 16.6 Å². The van der Waals surface area contributed by atoms with Gasteiger partial charge in [0.1, 0.15) is 0 Å². The van der Waals surface area contributed by atoms with Crippen LogP contribution in [-0.2, 0) is 4.75 Å². The molecule has 1 heterocycles. The van der Waals surface area contributed by atoms with Crippen LogP contribution in [0.5, 0.6) is 0 Å². The Morgan fingerprint density at radius 1 is 1.11 bits per heavy atom. The van der Waals surface area contributed by atoms with Crippen LogP contribution < -0.4 is 0 Å². The Bertz CT molecular complexity index is 679. The van der Waals surface area contributed by atoms with Crippen molar-refractivity contribution in [3.05, 3.63) is 74.6 Å². The summed E-state index contributed by atoms with van der Waals surface area (Å²) in [6, 6.07) is 7.54. The first-order chi connectivity index (χ1) is 9.28. The number of hydrogen-bond acceptors (Lipinski definition) is 3. The lowest BCUT2D eigenvalue weighted by molar-refractivity contribution is 0.892. The largest absolute Gasteiger partial charge is 0.135 e. The molecule has 2 unspecified atom stereocenters. The van der Waals surface area contributed by atoms with Crippen LogP contribution >= 0.6 is 11.8 Å². The molecule has 7 heteroatoms. The van der Waals surface area contributed by atoms with Crippen molar-refractivity contribution in [2.24, 2.45) is 10.2 Å². The van der Waals surface area contributed by atoms with E-state index in [1.165, 1.54) is 0 Å². The molecule has 1 saturated heterocycles. The molecule has 92 valence electrons. The average Bonchev–Trinajstić information content (AvgIpc) is 3.15. The monoisotopic (exact) mass is 268 g/mol. The molecule has 0 saturated carbocycles. The Balaban J connectivity index is 1.88. The number of azide groups is 2. The fourth-order valence-electron chi connectivity index (χ4n) is 2.17. The summed E-state index contributed by atoms with van der Waals surface area (Å²) in [5, 5.41) is 7.47.